The van der Waals surface area contributed by atoms with Gasteiger partial charge in [-0.2, -0.15) is 0 Å². The third-order valence-corrected chi connectivity index (χ3v) is 5.77. The Hall–Kier alpha value is -3.46. The Labute approximate surface area is 173 Å². The van der Waals surface area contributed by atoms with Crippen molar-refractivity contribution in [3.05, 3.63) is 83.8 Å². The Kier molecular flexibility index (Phi) is 6.31. The molecule has 0 bridgehead atoms. The van der Waals surface area contributed by atoms with E-state index in [9.17, 15) is 22.7 Å². The maximum absolute atomic E-state index is 13.1. The summed E-state index contributed by atoms with van der Waals surface area (Å²) in [4.78, 5) is 17.7. The van der Waals surface area contributed by atoms with Crippen molar-refractivity contribution in [1.82, 2.24) is 4.98 Å². The molecule has 2 aromatic carbocycles. The summed E-state index contributed by atoms with van der Waals surface area (Å²) in [5.41, 5.74) is 0.849. The number of nitrogens with one attached hydrogen (secondary N) is 1. The number of benzene rings is 2. The smallest absolute Gasteiger partial charge is 0.339 e. The average molecular weight is 429 g/mol. The number of hydrogen-bond acceptors (Lipinski definition) is 5. The van der Waals surface area contributed by atoms with Crippen LogP contribution < -0.4 is 9.62 Å². The number of carboxylic acids is 1. The van der Waals surface area contributed by atoms with Gasteiger partial charge in [0, 0.05) is 13.1 Å². The minimum Gasteiger partial charge on any atom is -0.478 e. The number of aromatic nitrogens is 1. The van der Waals surface area contributed by atoms with E-state index in [1.807, 2.05) is 37.3 Å². The van der Waals surface area contributed by atoms with Crippen molar-refractivity contribution in [3.8, 4) is 0 Å². The highest BCUT2D eigenvalue weighted by Crippen LogP contribution is 2.25. The van der Waals surface area contributed by atoms with Crippen LogP contribution in [0.2, 0.25) is 0 Å². The first-order valence-electron chi connectivity index (χ1n) is 9.10. The number of anilines is 2. The quantitative estimate of drug-likeness (QED) is 0.566. The standard InChI is InChI=1S/C21H20FN3O4S/c1-2-25(14-15-6-4-3-5-7-15)20-19(21(26)27)12-17(13-23-20)24-30(28,29)18-10-8-16(22)9-11-18/h3-13,24H,2,14H2,1H3,(H,26,27). The number of carboxylic acid groups (broad SMARTS) is 1. The average Bonchev–Trinajstić information content (AvgIpc) is 2.73. The molecule has 0 fully saturated rings. The zero-order valence-electron chi connectivity index (χ0n) is 16.1. The SMILES string of the molecule is CCN(Cc1ccccc1)c1ncc(NS(=O)(=O)c2ccc(F)cc2)cc1C(=O)O. The van der Waals surface area contributed by atoms with Crippen LogP contribution in [0.15, 0.2) is 71.8 Å². The molecule has 0 amide bonds. The van der Waals surface area contributed by atoms with Crippen LogP contribution in [0.4, 0.5) is 15.9 Å². The van der Waals surface area contributed by atoms with E-state index in [-0.39, 0.29) is 22.0 Å². The number of nitrogens with zero attached hydrogens (tertiary/aromatic N) is 2. The van der Waals surface area contributed by atoms with Crippen LogP contribution in [0.25, 0.3) is 0 Å². The van der Waals surface area contributed by atoms with Crippen LogP contribution in [0.5, 0.6) is 0 Å². The lowest BCUT2D eigenvalue weighted by Gasteiger charge is -2.24. The fourth-order valence-electron chi connectivity index (χ4n) is 2.89. The highest BCUT2D eigenvalue weighted by atomic mass is 32.2. The second-order valence-corrected chi connectivity index (χ2v) is 8.14. The molecule has 30 heavy (non-hydrogen) atoms. The molecule has 0 aliphatic rings. The minimum atomic E-state index is -4.02. The monoisotopic (exact) mass is 429 g/mol. The van der Waals surface area contributed by atoms with Gasteiger partial charge in [0.05, 0.1) is 16.8 Å². The molecular weight excluding hydrogens is 409 g/mol. The predicted molar refractivity (Wildman–Crippen MR) is 112 cm³/mol. The van der Waals surface area contributed by atoms with E-state index < -0.39 is 21.8 Å². The maximum atomic E-state index is 13.1. The van der Waals surface area contributed by atoms with Crippen molar-refractivity contribution in [3.63, 3.8) is 0 Å². The van der Waals surface area contributed by atoms with Crippen LogP contribution in [0, 0.1) is 5.82 Å². The molecule has 0 spiro atoms. The largest absolute Gasteiger partial charge is 0.478 e. The summed E-state index contributed by atoms with van der Waals surface area (Å²) in [6, 6.07) is 15.0. The Balaban J connectivity index is 1.91. The number of sulfonamides is 1. The summed E-state index contributed by atoms with van der Waals surface area (Å²) in [6.45, 7) is 2.83. The molecule has 0 saturated heterocycles. The van der Waals surface area contributed by atoms with Gasteiger partial charge < -0.3 is 10.0 Å². The zero-order valence-corrected chi connectivity index (χ0v) is 16.9. The van der Waals surface area contributed by atoms with Crippen molar-refractivity contribution in [2.24, 2.45) is 0 Å². The predicted octanol–water partition coefficient (Wildman–Crippen LogP) is 3.75. The lowest BCUT2D eigenvalue weighted by Crippen LogP contribution is -2.25. The molecule has 7 nitrogen and oxygen atoms in total. The highest BCUT2D eigenvalue weighted by molar-refractivity contribution is 7.92. The van der Waals surface area contributed by atoms with Crippen LogP contribution in [-0.2, 0) is 16.6 Å². The number of rotatable bonds is 8. The first-order chi connectivity index (χ1) is 14.3. The number of aromatic carboxylic acids is 1. The first-order valence-corrected chi connectivity index (χ1v) is 10.6. The van der Waals surface area contributed by atoms with E-state index >= 15 is 0 Å². The third kappa shape index (κ3) is 4.93. The van der Waals surface area contributed by atoms with Crippen molar-refractivity contribution < 1.29 is 22.7 Å². The summed E-state index contributed by atoms with van der Waals surface area (Å²) in [6.07, 6.45) is 1.26. The van der Waals surface area contributed by atoms with E-state index in [4.69, 9.17) is 0 Å². The first kappa shape index (κ1) is 21.3. The lowest BCUT2D eigenvalue weighted by atomic mass is 10.2. The van der Waals surface area contributed by atoms with Gasteiger partial charge in [-0.3, -0.25) is 4.72 Å². The van der Waals surface area contributed by atoms with Crippen LogP contribution in [0.3, 0.4) is 0 Å². The highest BCUT2D eigenvalue weighted by Gasteiger charge is 2.20. The Bertz CT molecular complexity index is 1140. The molecule has 0 atom stereocenters. The molecule has 1 heterocycles. The zero-order chi connectivity index (χ0) is 21.7. The summed E-state index contributed by atoms with van der Waals surface area (Å²) in [7, 11) is -4.02. The molecule has 0 aliphatic carbocycles. The van der Waals surface area contributed by atoms with Crippen LogP contribution in [-0.4, -0.2) is 31.0 Å². The van der Waals surface area contributed by atoms with Crippen molar-refractivity contribution in [1.29, 1.82) is 0 Å². The molecule has 0 unspecified atom stereocenters. The summed E-state index contributed by atoms with van der Waals surface area (Å²) < 4.78 is 40.3. The van der Waals surface area contributed by atoms with Gasteiger partial charge in [0.1, 0.15) is 17.2 Å². The number of hydrogen-bond donors (Lipinski definition) is 2. The normalized spacial score (nSPS) is 11.1. The Morgan fingerprint density at radius 3 is 2.40 bits per heavy atom. The minimum absolute atomic E-state index is 0.00348. The van der Waals surface area contributed by atoms with Gasteiger partial charge in [-0.15, -0.1) is 0 Å². The third-order valence-electron chi connectivity index (χ3n) is 4.37. The fraction of sp³-hybridized carbons (Fsp3) is 0.143. The maximum Gasteiger partial charge on any atom is 0.339 e. The van der Waals surface area contributed by atoms with E-state index in [0.717, 1.165) is 29.8 Å². The molecule has 3 aromatic rings. The van der Waals surface area contributed by atoms with Crippen molar-refractivity contribution >= 4 is 27.5 Å². The second kappa shape index (κ2) is 8.91. The topological polar surface area (TPSA) is 99.6 Å². The Morgan fingerprint density at radius 2 is 1.80 bits per heavy atom. The van der Waals surface area contributed by atoms with Crippen LogP contribution in [0.1, 0.15) is 22.8 Å². The molecule has 1 aromatic heterocycles. The fourth-order valence-corrected chi connectivity index (χ4v) is 3.92. The number of halogens is 1. The number of pyridine rings is 1. The van der Waals surface area contributed by atoms with E-state index in [2.05, 4.69) is 9.71 Å². The number of carbonyl (C=O) groups is 1. The second-order valence-electron chi connectivity index (χ2n) is 6.46. The molecule has 0 radical (unpaired) electrons. The van der Waals surface area contributed by atoms with Gasteiger partial charge in [0.25, 0.3) is 10.0 Å². The molecule has 3 rings (SSSR count). The van der Waals surface area contributed by atoms with Crippen molar-refractivity contribution in [2.45, 2.75) is 18.4 Å². The summed E-state index contributed by atoms with van der Waals surface area (Å²) in [5, 5.41) is 9.66. The van der Waals surface area contributed by atoms with Crippen LogP contribution >= 0.6 is 0 Å². The van der Waals surface area contributed by atoms with Gasteiger partial charge in [-0.1, -0.05) is 30.3 Å². The Morgan fingerprint density at radius 1 is 1.13 bits per heavy atom. The van der Waals surface area contributed by atoms with Crippen molar-refractivity contribution in [2.75, 3.05) is 16.2 Å². The molecule has 0 saturated carbocycles. The van der Waals surface area contributed by atoms with Gasteiger partial charge >= 0.3 is 5.97 Å². The van der Waals surface area contributed by atoms with E-state index in [1.165, 1.54) is 12.3 Å². The van der Waals surface area contributed by atoms with E-state index in [1.54, 1.807) is 4.90 Å². The summed E-state index contributed by atoms with van der Waals surface area (Å²) >= 11 is 0. The molecule has 9 heteroatoms. The molecular formula is C21H20FN3O4S. The van der Waals surface area contributed by atoms with Gasteiger partial charge in [0.15, 0.2) is 0 Å². The van der Waals surface area contributed by atoms with Gasteiger partial charge in [-0.05, 0) is 42.8 Å². The van der Waals surface area contributed by atoms with Gasteiger partial charge in [-0.25, -0.2) is 22.6 Å². The van der Waals surface area contributed by atoms with E-state index in [0.29, 0.717) is 13.1 Å². The van der Waals surface area contributed by atoms with Gasteiger partial charge in [0.2, 0.25) is 0 Å². The molecule has 156 valence electrons. The molecule has 2 N–H and O–H groups in total. The summed E-state index contributed by atoms with van der Waals surface area (Å²) in [5.74, 6) is -1.56. The lowest BCUT2D eigenvalue weighted by molar-refractivity contribution is 0.0697. The molecule has 0 aliphatic heterocycles.